The fourth-order valence-electron chi connectivity index (χ4n) is 5.45. The number of aromatic nitrogens is 2. The van der Waals surface area contributed by atoms with Gasteiger partial charge in [0.25, 0.3) is 0 Å². The maximum Gasteiger partial charge on any atom is 0.342 e. The van der Waals surface area contributed by atoms with Crippen LogP contribution in [-0.2, 0) is 19.1 Å². The van der Waals surface area contributed by atoms with E-state index >= 15 is 0 Å². The fourth-order valence-corrected chi connectivity index (χ4v) is 5.45. The SMILES string of the molecule is CC(C)(C)OC(=O)C1=C(NC2CCCCC2)Oc2nc(-c3ccccc3)c(-c3ccccc3)n2C1C(=O)OC(C)(C)C. The molecule has 0 spiro atoms. The average molecular weight is 572 g/mol. The number of carbonyl (C=O) groups excluding carboxylic acids is 2. The summed E-state index contributed by atoms with van der Waals surface area (Å²) in [6.45, 7) is 10.8. The lowest BCUT2D eigenvalue weighted by atomic mass is 9.95. The van der Waals surface area contributed by atoms with Gasteiger partial charge in [-0.05, 0) is 54.4 Å². The van der Waals surface area contributed by atoms with E-state index in [-0.39, 0.29) is 23.5 Å². The summed E-state index contributed by atoms with van der Waals surface area (Å²) in [5.41, 5.74) is 1.42. The zero-order chi connectivity index (χ0) is 30.1. The van der Waals surface area contributed by atoms with Gasteiger partial charge in [0.1, 0.15) is 22.5 Å². The third-order valence-electron chi connectivity index (χ3n) is 7.13. The Morgan fingerprint density at radius 3 is 1.98 bits per heavy atom. The minimum Gasteiger partial charge on any atom is -0.458 e. The van der Waals surface area contributed by atoms with Gasteiger partial charge in [-0.2, -0.15) is 4.98 Å². The highest BCUT2D eigenvalue weighted by atomic mass is 16.6. The third-order valence-corrected chi connectivity index (χ3v) is 7.13. The zero-order valence-corrected chi connectivity index (χ0v) is 25.4. The van der Waals surface area contributed by atoms with Gasteiger partial charge >= 0.3 is 17.9 Å². The Kier molecular flexibility index (Phi) is 8.17. The predicted octanol–water partition coefficient (Wildman–Crippen LogP) is 6.97. The number of fused-ring (bicyclic) bond motifs is 1. The van der Waals surface area contributed by atoms with Crippen molar-refractivity contribution in [2.75, 3.05) is 0 Å². The van der Waals surface area contributed by atoms with Crippen molar-refractivity contribution >= 4 is 11.9 Å². The monoisotopic (exact) mass is 571 g/mol. The van der Waals surface area contributed by atoms with Crippen LogP contribution in [0.2, 0.25) is 0 Å². The minimum absolute atomic E-state index is 0.0754. The number of ether oxygens (including phenoxy) is 3. The first-order valence-corrected chi connectivity index (χ1v) is 14.8. The van der Waals surface area contributed by atoms with Crippen LogP contribution in [0.3, 0.4) is 0 Å². The Balaban J connectivity index is 1.76. The molecule has 0 bridgehead atoms. The van der Waals surface area contributed by atoms with E-state index in [0.29, 0.717) is 11.4 Å². The molecule has 2 aliphatic rings. The quantitative estimate of drug-likeness (QED) is 0.320. The van der Waals surface area contributed by atoms with Crippen molar-refractivity contribution in [3.8, 4) is 28.5 Å². The molecule has 222 valence electrons. The number of esters is 2. The number of imidazole rings is 1. The van der Waals surface area contributed by atoms with Gasteiger partial charge in [-0.1, -0.05) is 79.9 Å². The number of hydrogen-bond donors (Lipinski definition) is 1. The molecule has 8 heteroatoms. The molecule has 1 aliphatic heterocycles. The molecular formula is C34H41N3O5. The molecule has 1 fully saturated rings. The van der Waals surface area contributed by atoms with E-state index in [1.165, 1.54) is 6.42 Å². The molecule has 1 atom stereocenters. The second-order valence-corrected chi connectivity index (χ2v) is 13.0. The molecule has 5 rings (SSSR count). The molecule has 2 heterocycles. The molecule has 1 aliphatic carbocycles. The number of rotatable bonds is 6. The molecule has 1 unspecified atom stereocenters. The smallest absolute Gasteiger partial charge is 0.342 e. The van der Waals surface area contributed by atoms with Crippen LogP contribution in [0.15, 0.2) is 72.1 Å². The number of nitrogens with one attached hydrogen (secondary N) is 1. The molecule has 1 aromatic heterocycles. The minimum atomic E-state index is -1.20. The first-order chi connectivity index (χ1) is 19.9. The van der Waals surface area contributed by atoms with Gasteiger partial charge in [0, 0.05) is 17.2 Å². The van der Waals surface area contributed by atoms with E-state index in [0.717, 1.165) is 36.8 Å². The normalized spacial score (nSPS) is 17.7. The van der Waals surface area contributed by atoms with Crippen LogP contribution in [0.4, 0.5) is 0 Å². The van der Waals surface area contributed by atoms with Gasteiger partial charge in [0.15, 0.2) is 6.04 Å². The lowest BCUT2D eigenvalue weighted by Gasteiger charge is -2.34. The van der Waals surface area contributed by atoms with E-state index < -0.39 is 29.2 Å². The van der Waals surface area contributed by atoms with Gasteiger partial charge in [-0.3, -0.25) is 4.57 Å². The molecule has 8 nitrogen and oxygen atoms in total. The summed E-state index contributed by atoms with van der Waals surface area (Å²) in [5.74, 6) is -1.04. The highest BCUT2D eigenvalue weighted by Gasteiger charge is 2.46. The van der Waals surface area contributed by atoms with Crippen LogP contribution in [0.1, 0.15) is 79.7 Å². The Hall–Kier alpha value is -4.07. The highest BCUT2D eigenvalue weighted by molar-refractivity contribution is 5.99. The number of nitrogens with zero attached hydrogens (tertiary/aromatic N) is 2. The summed E-state index contributed by atoms with van der Waals surface area (Å²) >= 11 is 0. The number of benzene rings is 2. The summed E-state index contributed by atoms with van der Waals surface area (Å²) in [6, 6.07) is 18.5. The van der Waals surface area contributed by atoms with Crippen molar-refractivity contribution < 1.29 is 23.8 Å². The molecule has 42 heavy (non-hydrogen) atoms. The lowest BCUT2D eigenvalue weighted by Crippen LogP contribution is -2.43. The van der Waals surface area contributed by atoms with Gasteiger partial charge in [0.2, 0.25) is 5.88 Å². The highest BCUT2D eigenvalue weighted by Crippen LogP contribution is 2.44. The first-order valence-electron chi connectivity index (χ1n) is 14.8. The molecular weight excluding hydrogens is 530 g/mol. The Labute approximate surface area is 248 Å². The van der Waals surface area contributed by atoms with Crippen LogP contribution >= 0.6 is 0 Å². The van der Waals surface area contributed by atoms with Gasteiger partial charge in [0.05, 0.1) is 5.69 Å². The molecule has 1 N–H and O–H groups in total. The maximum atomic E-state index is 14.2. The van der Waals surface area contributed by atoms with Crippen molar-refractivity contribution in [2.24, 2.45) is 0 Å². The van der Waals surface area contributed by atoms with Gasteiger partial charge < -0.3 is 19.5 Å². The molecule has 0 amide bonds. The third kappa shape index (κ3) is 6.53. The van der Waals surface area contributed by atoms with Crippen molar-refractivity contribution in [1.29, 1.82) is 0 Å². The molecule has 2 aromatic carbocycles. The first kappa shape index (κ1) is 29.4. The van der Waals surface area contributed by atoms with Crippen molar-refractivity contribution in [2.45, 2.75) is 96.9 Å². The van der Waals surface area contributed by atoms with E-state index in [1.807, 2.05) is 81.4 Å². The van der Waals surface area contributed by atoms with Crippen LogP contribution in [0.25, 0.3) is 22.5 Å². The molecule has 0 saturated heterocycles. The number of hydrogen-bond acceptors (Lipinski definition) is 7. The van der Waals surface area contributed by atoms with Crippen molar-refractivity contribution in [1.82, 2.24) is 14.9 Å². The van der Waals surface area contributed by atoms with Crippen LogP contribution in [0, 0.1) is 0 Å². The van der Waals surface area contributed by atoms with Crippen LogP contribution < -0.4 is 10.1 Å². The van der Waals surface area contributed by atoms with E-state index in [9.17, 15) is 9.59 Å². The van der Waals surface area contributed by atoms with Crippen LogP contribution in [-0.4, -0.2) is 38.7 Å². The number of carbonyl (C=O) groups is 2. The Morgan fingerprint density at radius 1 is 0.833 bits per heavy atom. The van der Waals surface area contributed by atoms with E-state index in [2.05, 4.69) is 5.32 Å². The average Bonchev–Trinajstić information content (AvgIpc) is 3.31. The lowest BCUT2D eigenvalue weighted by molar-refractivity contribution is -0.162. The van der Waals surface area contributed by atoms with Gasteiger partial charge in [-0.15, -0.1) is 0 Å². The Morgan fingerprint density at radius 2 is 1.40 bits per heavy atom. The van der Waals surface area contributed by atoms with Crippen molar-refractivity contribution in [3.05, 3.63) is 72.1 Å². The predicted molar refractivity (Wildman–Crippen MR) is 161 cm³/mol. The summed E-state index contributed by atoms with van der Waals surface area (Å²) in [4.78, 5) is 33.2. The second kappa shape index (κ2) is 11.7. The fraction of sp³-hybridized carbons (Fsp3) is 0.441. The maximum absolute atomic E-state index is 14.2. The topological polar surface area (TPSA) is 91.7 Å². The van der Waals surface area contributed by atoms with Crippen molar-refractivity contribution in [3.63, 3.8) is 0 Å². The summed E-state index contributed by atoms with van der Waals surface area (Å²) in [6.07, 6.45) is 5.19. The summed E-state index contributed by atoms with van der Waals surface area (Å²) in [5, 5.41) is 3.47. The zero-order valence-electron chi connectivity index (χ0n) is 25.4. The largest absolute Gasteiger partial charge is 0.458 e. The Bertz CT molecular complexity index is 1460. The molecule has 3 aromatic rings. The second-order valence-electron chi connectivity index (χ2n) is 13.0. The van der Waals surface area contributed by atoms with Gasteiger partial charge in [-0.25, -0.2) is 9.59 Å². The van der Waals surface area contributed by atoms with Crippen LogP contribution in [0.5, 0.6) is 6.01 Å². The standard InChI is InChI=1S/C34H41N3O5/c1-33(2,3)41-30(38)25-28(31(39)42-34(4,5)6)37-27(23-18-12-8-13-19-23)26(22-16-10-7-11-17-22)36-32(37)40-29(25)35-24-20-14-9-15-21-24/h7-8,10-13,16-19,24,28,35H,9,14-15,20-21H2,1-6H3. The molecule has 1 saturated carbocycles. The van der Waals surface area contributed by atoms with E-state index in [4.69, 9.17) is 19.2 Å². The summed E-state index contributed by atoms with van der Waals surface area (Å²) < 4.78 is 20.0. The molecule has 0 radical (unpaired) electrons. The summed E-state index contributed by atoms with van der Waals surface area (Å²) in [7, 11) is 0. The van der Waals surface area contributed by atoms with E-state index in [1.54, 1.807) is 25.3 Å².